The molecule has 2 aromatic carbocycles. The minimum Gasteiger partial charge on any atom is -0.497 e. The maximum absolute atomic E-state index is 5.62. The van der Waals surface area contributed by atoms with Crippen LogP contribution in [0.3, 0.4) is 0 Å². The van der Waals surface area contributed by atoms with E-state index in [2.05, 4.69) is 39.6 Å². The lowest BCUT2D eigenvalue weighted by atomic mass is 10.1. The molecule has 0 unspecified atom stereocenters. The first-order valence-electron chi connectivity index (χ1n) is 8.99. The Morgan fingerprint density at radius 3 is 2.43 bits per heavy atom. The van der Waals surface area contributed by atoms with Crippen LogP contribution < -0.4 is 4.74 Å². The molecule has 28 heavy (non-hydrogen) atoms. The van der Waals surface area contributed by atoms with Crippen molar-refractivity contribution in [2.45, 2.75) is 19.9 Å². The van der Waals surface area contributed by atoms with Gasteiger partial charge in [0, 0.05) is 6.20 Å². The minimum atomic E-state index is 0.499. The van der Waals surface area contributed by atoms with E-state index in [1.54, 1.807) is 11.9 Å². The lowest BCUT2D eigenvalue weighted by molar-refractivity contribution is 0.414. The van der Waals surface area contributed by atoms with E-state index >= 15 is 0 Å². The van der Waals surface area contributed by atoms with E-state index in [1.165, 1.54) is 5.56 Å². The fourth-order valence-electron chi connectivity index (χ4n) is 2.91. The Labute approximate surface area is 167 Å². The molecule has 1 N–H and O–H groups in total. The van der Waals surface area contributed by atoms with Crippen LogP contribution in [0, 0.1) is 4.64 Å². The van der Waals surface area contributed by atoms with E-state index in [0.717, 1.165) is 29.0 Å². The number of aromatic nitrogens is 6. The lowest BCUT2D eigenvalue weighted by Gasteiger charge is -2.03. The summed E-state index contributed by atoms with van der Waals surface area (Å²) in [5.74, 6) is 1.31. The molecule has 4 aromatic rings. The zero-order chi connectivity index (χ0) is 19.5. The summed E-state index contributed by atoms with van der Waals surface area (Å²) in [6.07, 6.45) is 2.81. The van der Waals surface area contributed by atoms with Gasteiger partial charge in [-0.1, -0.05) is 43.4 Å². The number of methoxy groups -OCH3 is 1. The summed E-state index contributed by atoms with van der Waals surface area (Å²) >= 11 is 5.62. The predicted molar refractivity (Wildman–Crippen MR) is 109 cm³/mol. The molecule has 0 aliphatic heterocycles. The summed E-state index contributed by atoms with van der Waals surface area (Å²) < 4.78 is 7.64. The minimum absolute atomic E-state index is 0.499. The first kappa shape index (κ1) is 18.1. The van der Waals surface area contributed by atoms with E-state index < -0.39 is 0 Å². The van der Waals surface area contributed by atoms with Gasteiger partial charge in [-0.15, -0.1) is 10.2 Å². The van der Waals surface area contributed by atoms with Crippen LogP contribution in [0.4, 0.5) is 0 Å². The summed E-state index contributed by atoms with van der Waals surface area (Å²) in [7, 11) is 1.65. The van der Waals surface area contributed by atoms with Gasteiger partial charge in [0.05, 0.1) is 24.9 Å². The van der Waals surface area contributed by atoms with E-state index in [4.69, 9.17) is 17.0 Å². The highest BCUT2D eigenvalue weighted by Crippen LogP contribution is 2.19. The van der Waals surface area contributed by atoms with Crippen LogP contribution in [0.25, 0.3) is 17.1 Å². The second-order valence-electron chi connectivity index (χ2n) is 6.34. The zero-order valence-electron chi connectivity index (χ0n) is 15.7. The SMILES string of the molecule is CCc1ccc(-n2[nH]cc(-c3nnn(Cc4ccc(OC)cc4)n3)c2=S)cc1. The van der Waals surface area contributed by atoms with Crippen LogP contribution in [-0.4, -0.2) is 37.1 Å². The van der Waals surface area contributed by atoms with Crippen LogP contribution in [0.5, 0.6) is 5.75 Å². The van der Waals surface area contributed by atoms with Crippen molar-refractivity contribution in [2.24, 2.45) is 0 Å². The number of aromatic amines is 1. The van der Waals surface area contributed by atoms with Gasteiger partial charge in [-0.05, 0) is 47.0 Å². The topological polar surface area (TPSA) is 73.5 Å². The van der Waals surface area contributed by atoms with Gasteiger partial charge in [0.2, 0.25) is 5.82 Å². The molecule has 0 saturated heterocycles. The number of benzene rings is 2. The number of hydrogen-bond donors (Lipinski definition) is 1. The monoisotopic (exact) mass is 392 g/mol. The van der Waals surface area contributed by atoms with Gasteiger partial charge >= 0.3 is 0 Å². The molecule has 0 amide bonds. The number of nitrogens with zero attached hydrogens (tertiary/aromatic N) is 5. The second kappa shape index (κ2) is 7.77. The highest BCUT2D eigenvalue weighted by Gasteiger charge is 2.12. The van der Waals surface area contributed by atoms with Crippen molar-refractivity contribution >= 4 is 12.2 Å². The van der Waals surface area contributed by atoms with Gasteiger partial charge in [0.25, 0.3) is 0 Å². The molecule has 0 spiro atoms. The number of aryl methyl sites for hydroxylation is 1. The Hall–Kier alpha value is -3.26. The molecule has 142 valence electrons. The molecule has 0 aliphatic carbocycles. The van der Waals surface area contributed by atoms with Crippen molar-refractivity contribution in [3.8, 4) is 22.8 Å². The number of ether oxygens (including phenoxy) is 1. The number of rotatable bonds is 6. The Balaban J connectivity index is 1.56. The van der Waals surface area contributed by atoms with Crippen LogP contribution in [0.2, 0.25) is 0 Å². The standard InChI is InChI=1S/C20H20N6OS/c1-3-14-4-8-16(9-5-14)26-20(28)18(12-21-26)19-22-24-25(23-19)13-15-6-10-17(27-2)11-7-15/h4-12,21H,3,13H2,1-2H3. The maximum Gasteiger partial charge on any atom is 0.209 e. The highest BCUT2D eigenvalue weighted by atomic mass is 32.1. The average molecular weight is 392 g/mol. The Morgan fingerprint density at radius 1 is 1.04 bits per heavy atom. The van der Waals surface area contributed by atoms with Gasteiger partial charge in [0.1, 0.15) is 10.4 Å². The molecular formula is C20H20N6OS. The summed E-state index contributed by atoms with van der Waals surface area (Å²) in [5, 5.41) is 16.0. The van der Waals surface area contributed by atoms with Gasteiger partial charge in [-0.3, -0.25) is 5.10 Å². The fraction of sp³-hybridized carbons (Fsp3) is 0.200. The zero-order valence-corrected chi connectivity index (χ0v) is 16.5. The van der Waals surface area contributed by atoms with Crippen LogP contribution in [0.1, 0.15) is 18.1 Å². The molecule has 2 heterocycles. The van der Waals surface area contributed by atoms with Crippen molar-refractivity contribution in [3.05, 3.63) is 70.5 Å². The van der Waals surface area contributed by atoms with E-state index in [1.807, 2.05) is 47.3 Å². The number of nitrogens with one attached hydrogen (secondary N) is 1. The Bertz CT molecular complexity index is 1120. The molecule has 0 saturated carbocycles. The number of tetrazole rings is 1. The fourth-order valence-corrected chi connectivity index (χ4v) is 3.22. The quantitative estimate of drug-likeness (QED) is 0.505. The Kier molecular flexibility index (Phi) is 5.03. The van der Waals surface area contributed by atoms with Gasteiger partial charge < -0.3 is 4.74 Å². The van der Waals surface area contributed by atoms with Crippen molar-refractivity contribution in [2.75, 3.05) is 7.11 Å². The molecular weight excluding hydrogens is 372 g/mol. The lowest BCUT2D eigenvalue weighted by Crippen LogP contribution is -2.04. The largest absolute Gasteiger partial charge is 0.497 e. The third-order valence-corrected chi connectivity index (χ3v) is 4.95. The molecule has 0 aliphatic rings. The number of H-pyrrole nitrogens is 1. The molecule has 2 aromatic heterocycles. The summed E-state index contributed by atoms with van der Waals surface area (Å²) in [4.78, 5) is 1.55. The second-order valence-corrected chi connectivity index (χ2v) is 6.73. The molecule has 0 fully saturated rings. The van der Waals surface area contributed by atoms with Crippen molar-refractivity contribution in [1.29, 1.82) is 0 Å². The predicted octanol–water partition coefficient (Wildman–Crippen LogP) is 3.81. The third kappa shape index (κ3) is 3.59. The average Bonchev–Trinajstić information content (AvgIpc) is 3.35. The molecule has 0 bridgehead atoms. The third-order valence-electron chi connectivity index (χ3n) is 4.55. The summed E-state index contributed by atoms with van der Waals surface area (Å²) in [6, 6.07) is 16.1. The van der Waals surface area contributed by atoms with Gasteiger partial charge in [-0.25, -0.2) is 4.68 Å². The van der Waals surface area contributed by atoms with E-state index in [0.29, 0.717) is 17.0 Å². The van der Waals surface area contributed by atoms with Crippen molar-refractivity contribution in [1.82, 2.24) is 30.0 Å². The van der Waals surface area contributed by atoms with Gasteiger partial charge in [0.15, 0.2) is 0 Å². The van der Waals surface area contributed by atoms with Crippen LogP contribution >= 0.6 is 12.2 Å². The normalized spacial score (nSPS) is 10.9. The molecule has 8 heteroatoms. The summed E-state index contributed by atoms with van der Waals surface area (Å²) in [5.41, 5.74) is 4.06. The summed E-state index contributed by atoms with van der Waals surface area (Å²) in [6.45, 7) is 2.65. The first-order valence-corrected chi connectivity index (χ1v) is 9.39. The molecule has 0 radical (unpaired) electrons. The van der Waals surface area contributed by atoms with E-state index in [9.17, 15) is 0 Å². The van der Waals surface area contributed by atoms with E-state index in [-0.39, 0.29) is 0 Å². The maximum atomic E-state index is 5.62. The highest BCUT2D eigenvalue weighted by molar-refractivity contribution is 7.71. The van der Waals surface area contributed by atoms with Crippen LogP contribution in [-0.2, 0) is 13.0 Å². The smallest absolute Gasteiger partial charge is 0.209 e. The molecule has 0 atom stereocenters. The van der Waals surface area contributed by atoms with Crippen LogP contribution in [0.15, 0.2) is 54.7 Å². The molecule has 7 nitrogen and oxygen atoms in total. The number of hydrogen-bond acceptors (Lipinski definition) is 5. The van der Waals surface area contributed by atoms with Gasteiger partial charge in [-0.2, -0.15) is 4.80 Å². The first-order chi connectivity index (χ1) is 13.7. The Morgan fingerprint density at radius 2 is 1.75 bits per heavy atom. The molecule has 4 rings (SSSR count). The van der Waals surface area contributed by atoms with Crippen molar-refractivity contribution < 1.29 is 4.74 Å². The van der Waals surface area contributed by atoms with Crippen molar-refractivity contribution in [3.63, 3.8) is 0 Å².